The molecule has 19 heavy (non-hydrogen) atoms. The minimum Gasteiger partial charge on any atom is -0.496 e. The van der Waals surface area contributed by atoms with Gasteiger partial charge in [-0.05, 0) is 25.0 Å². The third-order valence-electron chi connectivity index (χ3n) is 3.47. The van der Waals surface area contributed by atoms with E-state index in [1.807, 2.05) is 6.92 Å². The number of methoxy groups -OCH3 is 2. The van der Waals surface area contributed by atoms with Gasteiger partial charge >= 0.3 is 5.97 Å². The number of carboxylic acids is 1. The first-order valence-electron chi connectivity index (χ1n) is 6.00. The highest BCUT2D eigenvalue weighted by molar-refractivity contribution is 6.04. The minimum absolute atomic E-state index is 0.00526. The Morgan fingerprint density at radius 2 is 2.00 bits per heavy atom. The number of carbonyl (C=O) groups excluding carboxylic acids is 1. The number of hydrogen-bond donors (Lipinski definition) is 1. The Kier molecular flexibility index (Phi) is 3.46. The summed E-state index contributed by atoms with van der Waals surface area (Å²) in [5.74, 6) is -0.786. The summed E-state index contributed by atoms with van der Waals surface area (Å²) in [6.07, 6.45) is 0.293. The van der Waals surface area contributed by atoms with E-state index in [2.05, 4.69) is 0 Å². The highest BCUT2D eigenvalue weighted by atomic mass is 16.5. The van der Waals surface area contributed by atoms with Crippen LogP contribution in [0.5, 0.6) is 11.5 Å². The number of ether oxygens (including phenoxy) is 2. The largest absolute Gasteiger partial charge is 0.496 e. The molecule has 2 rings (SSSR count). The highest BCUT2D eigenvalue weighted by Gasteiger charge is 2.34. The van der Waals surface area contributed by atoms with Crippen molar-refractivity contribution in [3.8, 4) is 11.5 Å². The van der Waals surface area contributed by atoms with Crippen LogP contribution in [0.15, 0.2) is 6.07 Å². The molecular formula is C14H16O5. The number of ketones is 1. The summed E-state index contributed by atoms with van der Waals surface area (Å²) in [7, 11) is 3.02. The molecule has 1 aromatic carbocycles. The second-order valence-electron chi connectivity index (χ2n) is 4.65. The number of fused-ring (bicyclic) bond motifs is 1. The zero-order chi connectivity index (χ0) is 14.2. The van der Waals surface area contributed by atoms with Crippen LogP contribution in [0.3, 0.4) is 0 Å². The molecule has 5 nitrogen and oxygen atoms in total. The van der Waals surface area contributed by atoms with Crippen LogP contribution in [0.4, 0.5) is 0 Å². The zero-order valence-corrected chi connectivity index (χ0v) is 11.1. The average molecular weight is 264 g/mol. The lowest BCUT2D eigenvalue weighted by Crippen LogP contribution is -2.27. The smallest absolute Gasteiger partial charge is 0.307 e. The maximum atomic E-state index is 12.2. The van der Waals surface area contributed by atoms with Crippen LogP contribution in [0.2, 0.25) is 0 Å². The van der Waals surface area contributed by atoms with Gasteiger partial charge in [0.2, 0.25) is 0 Å². The van der Waals surface area contributed by atoms with E-state index >= 15 is 0 Å². The first-order valence-corrected chi connectivity index (χ1v) is 6.00. The third-order valence-corrected chi connectivity index (χ3v) is 3.47. The van der Waals surface area contributed by atoms with Gasteiger partial charge in [0, 0.05) is 12.0 Å². The summed E-state index contributed by atoms with van der Waals surface area (Å²) in [4.78, 5) is 23.3. The predicted molar refractivity (Wildman–Crippen MR) is 68.1 cm³/mol. The fourth-order valence-corrected chi connectivity index (χ4v) is 2.57. The van der Waals surface area contributed by atoms with Crippen molar-refractivity contribution in [2.45, 2.75) is 19.8 Å². The molecule has 102 valence electrons. The van der Waals surface area contributed by atoms with E-state index < -0.39 is 11.9 Å². The molecule has 1 aliphatic carbocycles. The molecule has 0 unspecified atom stereocenters. The van der Waals surface area contributed by atoms with E-state index in [0.717, 1.165) is 5.56 Å². The maximum absolute atomic E-state index is 12.2. The molecule has 0 aliphatic heterocycles. The number of rotatable bonds is 3. The number of benzene rings is 1. The fourth-order valence-electron chi connectivity index (χ4n) is 2.57. The van der Waals surface area contributed by atoms with Crippen LogP contribution in [-0.2, 0) is 11.2 Å². The number of Topliss-reactive ketones (excluding diaryl/α,β-unsaturated/α-hetero) is 1. The fraction of sp³-hybridized carbons (Fsp3) is 0.429. The van der Waals surface area contributed by atoms with E-state index in [4.69, 9.17) is 14.6 Å². The van der Waals surface area contributed by atoms with E-state index in [-0.39, 0.29) is 18.6 Å². The number of carboxylic acid groups (broad SMARTS) is 1. The Morgan fingerprint density at radius 1 is 1.32 bits per heavy atom. The van der Waals surface area contributed by atoms with E-state index in [1.54, 1.807) is 6.07 Å². The first-order chi connectivity index (χ1) is 8.99. The molecule has 0 fully saturated rings. The van der Waals surface area contributed by atoms with Crippen LogP contribution >= 0.6 is 0 Å². The van der Waals surface area contributed by atoms with E-state index in [1.165, 1.54) is 14.2 Å². The van der Waals surface area contributed by atoms with Crippen molar-refractivity contribution in [1.29, 1.82) is 0 Å². The number of carbonyl (C=O) groups is 2. The van der Waals surface area contributed by atoms with Crippen molar-refractivity contribution in [2.75, 3.05) is 14.2 Å². The van der Waals surface area contributed by atoms with Gasteiger partial charge in [0.25, 0.3) is 0 Å². The average Bonchev–Trinajstić information content (AvgIpc) is 2.38. The predicted octanol–water partition coefficient (Wildman–Crippen LogP) is 1.84. The molecule has 1 N–H and O–H groups in total. The number of hydrogen-bond acceptors (Lipinski definition) is 4. The van der Waals surface area contributed by atoms with Crippen LogP contribution in [0.25, 0.3) is 0 Å². The summed E-state index contributed by atoms with van der Waals surface area (Å²) in [5, 5.41) is 9.10. The monoisotopic (exact) mass is 264 g/mol. The molecule has 0 saturated heterocycles. The van der Waals surface area contributed by atoms with E-state index in [9.17, 15) is 9.59 Å². The topological polar surface area (TPSA) is 72.8 Å². The van der Waals surface area contributed by atoms with Gasteiger partial charge in [-0.25, -0.2) is 0 Å². The Labute approximate surface area is 111 Å². The van der Waals surface area contributed by atoms with Crippen LogP contribution in [0, 0.1) is 12.8 Å². The van der Waals surface area contributed by atoms with Crippen LogP contribution in [0.1, 0.15) is 27.9 Å². The molecule has 1 aliphatic rings. The minimum atomic E-state index is -0.958. The first kappa shape index (κ1) is 13.4. The van der Waals surface area contributed by atoms with Crippen molar-refractivity contribution in [2.24, 2.45) is 5.92 Å². The Balaban J connectivity index is 2.64. The van der Waals surface area contributed by atoms with Gasteiger partial charge in [-0.2, -0.15) is 0 Å². The van der Waals surface area contributed by atoms with Gasteiger partial charge in [-0.15, -0.1) is 0 Å². The normalized spacial score (nSPS) is 17.8. The van der Waals surface area contributed by atoms with Crippen molar-refractivity contribution >= 4 is 11.8 Å². The molecule has 1 atom stereocenters. The van der Waals surface area contributed by atoms with Crippen molar-refractivity contribution in [1.82, 2.24) is 0 Å². The third kappa shape index (κ3) is 2.16. The molecule has 0 radical (unpaired) electrons. The van der Waals surface area contributed by atoms with Gasteiger partial charge in [0.1, 0.15) is 11.5 Å². The number of aryl methyl sites for hydroxylation is 1. The molecule has 0 heterocycles. The highest BCUT2D eigenvalue weighted by Crippen LogP contribution is 2.40. The quantitative estimate of drug-likeness (QED) is 0.901. The van der Waals surface area contributed by atoms with E-state index in [0.29, 0.717) is 22.6 Å². The van der Waals surface area contributed by atoms with Gasteiger partial charge in [0.15, 0.2) is 5.78 Å². The summed E-state index contributed by atoms with van der Waals surface area (Å²) >= 11 is 0. The SMILES string of the molecule is COc1cc(C)c(OC)c2c1C[C@H](C(=O)O)CC2=O. The Morgan fingerprint density at radius 3 is 2.53 bits per heavy atom. The van der Waals surface area contributed by atoms with Crippen LogP contribution in [-0.4, -0.2) is 31.1 Å². The molecule has 5 heteroatoms. The Bertz CT molecular complexity index is 547. The second kappa shape index (κ2) is 4.91. The summed E-state index contributed by atoms with van der Waals surface area (Å²) in [6, 6.07) is 1.77. The summed E-state index contributed by atoms with van der Waals surface area (Å²) < 4.78 is 10.6. The van der Waals surface area contributed by atoms with Gasteiger partial charge in [-0.3, -0.25) is 9.59 Å². The molecule has 1 aromatic rings. The van der Waals surface area contributed by atoms with Crippen molar-refractivity contribution in [3.63, 3.8) is 0 Å². The Hall–Kier alpha value is -2.04. The molecule has 0 saturated carbocycles. The van der Waals surface area contributed by atoms with Crippen LogP contribution < -0.4 is 9.47 Å². The lowest BCUT2D eigenvalue weighted by atomic mass is 9.81. The molecule has 0 bridgehead atoms. The zero-order valence-electron chi connectivity index (χ0n) is 11.1. The van der Waals surface area contributed by atoms with Crippen molar-refractivity contribution < 1.29 is 24.2 Å². The second-order valence-corrected chi connectivity index (χ2v) is 4.65. The molecule has 0 aromatic heterocycles. The van der Waals surface area contributed by atoms with Gasteiger partial charge < -0.3 is 14.6 Å². The number of aliphatic carboxylic acids is 1. The summed E-state index contributed by atoms with van der Waals surface area (Å²) in [6.45, 7) is 1.83. The van der Waals surface area contributed by atoms with Crippen molar-refractivity contribution in [3.05, 3.63) is 22.8 Å². The summed E-state index contributed by atoms with van der Waals surface area (Å²) in [5.41, 5.74) is 1.91. The maximum Gasteiger partial charge on any atom is 0.307 e. The standard InChI is InChI=1S/C14H16O5/c1-7-4-11(18-2)9-5-8(14(16)17)6-10(15)12(9)13(7)19-3/h4,8H,5-6H2,1-3H3,(H,16,17)/t8-/m0/s1. The lowest BCUT2D eigenvalue weighted by molar-refractivity contribution is -0.141. The molecule has 0 amide bonds. The van der Waals surface area contributed by atoms with Gasteiger partial charge in [-0.1, -0.05) is 0 Å². The molecular weight excluding hydrogens is 248 g/mol. The molecule has 0 spiro atoms. The van der Waals surface area contributed by atoms with Gasteiger partial charge in [0.05, 0.1) is 25.7 Å². The lowest BCUT2D eigenvalue weighted by Gasteiger charge is -2.25.